The van der Waals surface area contributed by atoms with E-state index in [1.165, 1.54) is 6.33 Å². The normalized spacial score (nSPS) is 22.0. The molecule has 1 spiro atoms. The zero-order valence-corrected chi connectivity index (χ0v) is 13.0. The lowest BCUT2D eigenvalue weighted by Gasteiger charge is -2.23. The SMILES string of the molecule is O=C(NCc1cccc(-n2cncn2)c1)C1CC12CCNCC2. The quantitative estimate of drug-likeness (QED) is 0.892. The second-order valence-electron chi connectivity index (χ2n) is 6.60. The molecule has 1 saturated heterocycles. The van der Waals surface area contributed by atoms with Gasteiger partial charge >= 0.3 is 0 Å². The van der Waals surface area contributed by atoms with Gasteiger partial charge in [0, 0.05) is 12.5 Å². The van der Waals surface area contributed by atoms with Gasteiger partial charge in [-0.25, -0.2) is 9.67 Å². The van der Waals surface area contributed by atoms with E-state index < -0.39 is 0 Å². The molecule has 1 aromatic heterocycles. The number of carbonyl (C=O) groups excluding carboxylic acids is 1. The van der Waals surface area contributed by atoms with Crippen LogP contribution in [-0.2, 0) is 11.3 Å². The van der Waals surface area contributed by atoms with E-state index in [-0.39, 0.29) is 17.2 Å². The van der Waals surface area contributed by atoms with Crippen molar-refractivity contribution in [2.45, 2.75) is 25.8 Å². The van der Waals surface area contributed by atoms with Crippen molar-refractivity contribution in [2.24, 2.45) is 11.3 Å². The number of benzene rings is 1. The number of piperidine rings is 1. The molecule has 1 atom stereocenters. The molecule has 0 bridgehead atoms. The molecular formula is C17H21N5O. The maximum atomic E-state index is 12.4. The summed E-state index contributed by atoms with van der Waals surface area (Å²) >= 11 is 0. The number of nitrogens with one attached hydrogen (secondary N) is 2. The minimum atomic E-state index is 0.207. The van der Waals surface area contributed by atoms with E-state index in [4.69, 9.17) is 0 Å². The smallest absolute Gasteiger partial charge is 0.223 e. The van der Waals surface area contributed by atoms with Gasteiger partial charge in [0.1, 0.15) is 12.7 Å². The Balaban J connectivity index is 1.36. The van der Waals surface area contributed by atoms with Crippen LogP contribution >= 0.6 is 0 Å². The van der Waals surface area contributed by atoms with E-state index in [1.807, 2.05) is 24.3 Å². The number of rotatable bonds is 4. The maximum absolute atomic E-state index is 12.4. The summed E-state index contributed by atoms with van der Waals surface area (Å²) in [4.78, 5) is 16.4. The fourth-order valence-corrected chi connectivity index (χ4v) is 3.66. The molecule has 1 aromatic carbocycles. The van der Waals surface area contributed by atoms with Crippen molar-refractivity contribution < 1.29 is 4.79 Å². The largest absolute Gasteiger partial charge is 0.352 e. The number of nitrogens with zero attached hydrogens (tertiary/aromatic N) is 3. The Morgan fingerprint density at radius 3 is 3.04 bits per heavy atom. The topological polar surface area (TPSA) is 71.8 Å². The Kier molecular flexibility index (Phi) is 3.61. The highest BCUT2D eigenvalue weighted by Crippen LogP contribution is 2.58. The predicted molar refractivity (Wildman–Crippen MR) is 85.8 cm³/mol. The Bertz CT molecular complexity index is 691. The Labute approximate surface area is 135 Å². The van der Waals surface area contributed by atoms with Crippen LogP contribution < -0.4 is 10.6 Å². The van der Waals surface area contributed by atoms with Crippen molar-refractivity contribution in [2.75, 3.05) is 13.1 Å². The zero-order valence-electron chi connectivity index (χ0n) is 13.0. The molecule has 2 N–H and O–H groups in total. The monoisotopic (exact) mass is 311 g/mol. The zero-order chi connectivity index (χ0) is 15.7. The third-order valence-electron chi connectivity index (χ3n) is 5.17. The van der Waals surface area contributed by atoms with E-state index >= 15 is 0 Å². The summed E-state index contributed by atoms with van der Waals surface area (Å²) in [5.41, 5.74) is 2.32. The van der Waals surface area contributed by atoms with Crippen LogP contribution in [0.4, 0.5) is 0 Å². The van der Waals surface area contributed by atoms with E-state index in [0.29, 0.717) is 6.54 Å². The van der Waals surface area contributed by atoms with Crippen molar-refractivity contribution in [3.05, 3.63) is 42.5 Å². The Morgan fingerprint density at radius 1 is 1.39 bits per heavy atom. The number of aromatic nitrogens is 3. The van der Waals surface area contributed by atoms with Gasteiger partial charge in [-0.3, -0.25) is 4.79 Å². The first-order valence-corrected chi connectivity index (χ1v) is 8.19. The molecule has 6 nitrogen and oxygen atoms in total. The number of carbonyl (C=O) groups is 1. The molecule has 1 aliphatic carbocycles. The summed E-state index contributed by atoms with van der Waals surface area (Å²) in [6, 6.07) is 8.00. The molecular weight excluding hydrogens is 290 g/mol. The summed E-state index contributed by atoms with van der Waals surface area (Å²) in [5.74, 6) is 0.418. The van der Waals surface area contributed by atoms with Gasteiger partial charge in [-0.05, 0) is 55.5 Å². The third kappa shape index (κ3) is 2.86. The highest BCUT2D eigenvalue weighted by Gasteiger charge is 2.57. The summed E-state index contributed by atoms with van der Waals surface area (Å²) in [7, 11) is 0. The van der Waals surface area contributed by atoms with Gasteiger partial charge in [0.2, 0.25) is 5.91 Å². The molecule has 1 aliphatic heterocycles. The third-order valence-corrected chi connectivity index (χ3v) is 5.17. The molecule has 120 valence electrons. The van der Waals surface area contributed by atoms with Crippen LogP contribution in [0.2, 0.25) is 0 Å². The summed E-state index contributed by atoms with van der Waals surface area (Å²) in [6.07, 6.45) is 6.50. The van der Waals surface area contributed by atoms with Crippen LogP contribution in [0.5, 0.6) is 0 Å². The van der Waals surface area contributed by atoms with Crippen LogP contribution in [0.15, 0.2) is 36.9 Å². The molecule has 6 heteroatoms. The van der Waals surface area contributed by atoms with Crippen LogP contribution in [0, 0.1) is 11.3 Å². The standard InChI is InChI=1S/C17H21N5O/c23-16(15-9-17(15)4-6-18-7-5-17)20-10-13-2-1-3-14(8-13)22-12-19-11-21-22/h1-3,8,11-12,15,18H,4-7,9-10H2,(H,20,23). The highest BCUT2D eigenvalue weighted by molar-refractivity contribution is 5.82. The predicted octanol–water partition coefficient (Wildman–Crippen LogP) is 1.27. The van der Waals surface area contributed by atoms with Crippen molar-refractivity contribution in [1.29, 1.82) is 0 Å². The molecule has 2 aromatic rings. The first-order valence-electron chi connectivity index (χ1n) is 8.19. The molecule has 2 aliphatic rings. The lowest BCUT2D eigenvalue weighted by atomic mass is 9.92. The lowest BCUT2D eigenvalue weighted by Crippen LogP contribution is -2.33. The minimum absolute atomic E-state index is 0.207. The summed E-state index contributed by atoms with van der Waals surface area (Å²) in [6.45, 7) is 2.65. The molecule has 1 unspecified atom stereocenters. The molecule has 0 radical (unpaired) electrons. The van der Waals surface area contributed by atoms with Crippen LogP contribution in [0.3, 0.4) is 0 Å². The van der Waals surface area contributed by atoms with Gasteiger partial charge in [0.15, 0.2) is 0 Å². The van der Waals surface area contributed by atoms with Gasteiger partial charge in [-0.15, -0.1) is 0 Å². The van der Waals surface area contributed by atoms with Gasteiger partial charge in [-0.2, -0.15) is 5.10 Å². The summed E-state index contributed by atoms with van der Waals surface area (Å²) < 4.78 is 1.72. The molecule has 2 heterocycles. The number of hydrogen-bond donors (Lipinski definition) is 2. The Morgan fingerprint density at radius 2 is 2.26 bits per heavy atom. The van der Waals surface area contributed by atoms with Crippen molar-refractivity contribution >= 4 is 5.91 Å². The second kappa shape index (κ2) is 5.77. The molecule has 1 amide bonds. The second-order valence-corrected chi connectivity index (χ2v) is 6.60. The van der Waals surface area contributed by atoms with Crippen molar-refractivity contribution in [3.63, 3.8) is 0 Å². The average Bonchev–Trinajstić information content (AvgIpc) is 3.02. The van der Waals surface area contributed by atoms with Crippen LogP contribution in [0.1, 0.15) is 24.8 Å². The van der Waals surface area contributed by atoms with E-state index in [0.717, 1.165) is 43.6 Å². The van der Waals surface area contributed by atoms with Crippen LogP contribution in [0.25, 0.3) is 5.69 Å². The average molecular weight is 311 g/mol. The molecule has 4 rings (SSSR count). The van der Waals surface area contributed by atoms with E-state index in [1.54, 1.807) is 11.0 Å². The number of amides is 1. The molecule has 23 heavy (non-hydrogen) atoms. The van der Waals surface area contributed by atoms with Gasteiger partial charge < -0.3 is 10.6 Å². The highest BCUT2D eigenvalue weighted by atomic mass is 16.2. The molecule has 1 saturated carbocycles. The first kappa shape index (κ1) is 14.4. The lowest BCUT2D eigenvalue weighted by molar-refractivity contribution is -0.123. The fraction of sp³-hybridized carbons (Fsp3) is 0.471. The summed E-state index contributed by atoms with van der Waals surface area (Å²) in [5, 5.41) is 10.6. The van der Waals surface area contributed by atoms with Gasteiger partial charge in [0.05, 0.1) is 5.69 Å². The van der Waals surface area contributed by atoms with Crippen LogP contribution in [-0.4, -0.2) is 33.8 Å². The number of hydrogen-bond acceptors (Lipinski definition) is 4. The fourth-order valence-electron chi connectivity index (χ4n) is 3.66. The Hall–Kier alpha value is -2.21. The van der Waals surface area contributed by atoms with Gasteiger partial charge in [0.25, 0.3) is 0 Å². The van der Waals surface area contributed by atoms with Gasteiger partial charge in [-0.1, -0.05) is 12.1 Å². The van der Waals surface area contributed by atoms with E-state index in [2.05, 4.69) is 20.7 Å². The minimum Gasteiger partial charge on any atom is -0.352 e. The van der Waals surface area contributed by atoms with Crippen molar-refractivity contribution in [1.82, 2.24) is 25.4 Å². The first-order chi connectivity index (χ1) is 11.3. The van der Waals surface area contributed by atoms with E-state index in [9.17, 15) is 4.79 Å². The van der Waals surface area contributed by atoms with Crippen molar-refractivity contribution in [3.8, 4) is 5.69 Å². The maximum Gasteiger partial charge on any atom is 0.223 e. The molecule has 2 fully saturated rings.